The van der Waals surface area contributed by atoms with Crippen LogP contribution >= 0.6 is 0 Å². The Morgan fingerprint density at radius 3 is 2.50 bits per heavy atom. The molecule has 1 aromatic carbocycles. The fraction of sp³-hybridized carbons (Fsp3) is 0.312. The first-order chi connectivity index (χ1) is 13.0. The summed E-state index contributed by atoms with van der Waals surface area (Å²) in [6.45, 7) is 1.48. The zero-order valence-electron chi connectivity index (χ0n) is 14.7. The summed E-state index contributed by atoms with van der Waals surface area (Å²) in [5.41, 5.74) is -1.51. The molecule has 0 unspecified atom stereocenters. The van der Waals surface area contributed by atoms with Gasteiger partial charge in [0, 0.05) is 0 Å². The van der Waals surface area contributed by atoms with E-state index in [1.807, 2.05) is 5.32 Å². The first-order valence-corrected chi connectivity index (χ1v) is 7.80. The van der Waals surface area contributed by atoms with Gasteiger partial charge in [0.2, 0.25) is 0 Å². The molecule has 0 aliphatic carbocycles. The Kier molecular flexibility index (Phi) is 6.01. The number of nitrogens with zero attached hydrogens (tertiary/aromatic N) is 3. The number of halogens is 3. The smallest absolute Gasteiger partial charge is 0.418 e. The SMILES string of the molecule is Cc1nn(CC(=O)OCC(=O)Nc2ccccc2C(F)(F)F)c(C)c1[N+](=O)[O-]. The Hall–Kier alpha value is -3.44. The molecule has 2 rings (SSSR count). The van der Waals surface area contributed by atoms with Crippen LogP contribution in [0, 0.1) is 24.0 Å². The van der Waals surface area contributed by atoms with Gasteiger partial charge in [-0.25, -0.2) is 0 Å². The van der Waals surface area contributed by atoms with Gasteiger partial charge in [-0.3, -0.25) is 24.4 Å². The highest BCUT2D eigenvalue weighted by molar-refractivity contribution is 5.93. The molecule has 0 saturated heterocycles. The third-order valence-electron chi connectivity index (χ3n) is 3.68. The summed E-state index contributed by atoms with van der Waals surface area (Å²) < 4.78 is 44.4. The van der Waals surface area contributed by atoms with Gasteiger partial charge >= 0.3 is 17.8 Å². The zero-order valence-corrected chi connectivity index (χ0v) is 14.7. The molecule has 0 bridgehead atoms. The maximum absolute atomic E-state index is 12.9. The average Bonchev–Trinajstić information content (AvgIpc) is 2.86. The minimum atomic E-state index is -4.66. The number of alkyl halides is 3. The van der Waals surface area contributed by atoms with Crippen molar-refractivity contribution in [1.29, 1.82) is 0 Å². The van der Waals surface area contributed by atoms with Crippen LogP contribution in [0.15, 0.2) is 24.3 Å². The van der Waals surface area contributed by atoms with Crippen molar-refractivity contribution in [1.82, 2.24) is 9.78 Å². The van der Waals surface area contributed by atoms with E-state index >= 15 is 0 Å². The van der Waals surface area contributed by atoms with Gasteiger partial charge in [0.05, 0.1) is 16.2 Å². The molecule has 9 nitrogen and oxygen atoms in total. The summed E-state index contributed by atoms with van der Waals surface area (Å²) >= 11 is 0. The van der Waals surface area contributed by atoms with Gasteiger partial charge in [0.1, 0.15) is 17.9 Å². The van der Waals surface area contributed by atoms with Gasteiger partial charge in [0.25, 0.3) is 5.91 Å². The second kappa shape index (κ2) is 8.06. The number of aromatic nitrogens is 2. The summed E-state index contributed by atoms with van der Waals surface area (Å²) in [5, 5.41) is 16.8. The number of hydrogen-bond acceptors (Lipinski definition) is 6. The third-order valence-corrected chi connectivity index (χ3v) is 3.68. The lowest BCUT2D eigenvalue weighted by Gasteiger charge is -2.13. The Balaban J connectivity index is 1.97. The van der Waals surface area contributed by atoms with Gasteiger partial charge in [-0.1, -0.05) is 12.1 Å². The lowest BCUT2D eigenvalue weighted by molar-refractivity contribution is -0.386. The number of benzene rings is 1. The van der Waals surface area contributed by atoms with Gasteiger partial charge in [-0.05, 0) is 26.0 Å². The molecule has 1 N–H and O–H groups in total. The van der Waals surface area contributed by atoms with E-state index in [0.717, 1.165) is 16.8 Å². The average molecular weight is 400 g/mol. The predicted octanol–water partition coefficient (Wildman–Crippen LogP) is 2.61. The van der Waals surface area contributed by atoms with Gasteiger partial charge in [-0.15, -0.1) is 0 Å². The number of anilines is 1. The number of amides is 1. The quantitative estimate of drug-likeness (QED) is 0.453. The van der Waals surface area contributed by atoms with Crippen LogP contribution in [0.25, 0.3) is 0 Å². The molecule has 0 aliphatic heterocycles. The first kappa shape index (κ1) is 20.9. The summed E-state index contributed by atoms with van der Waals surface area (Å²) in [7, 11) is 0. The second-order valence-corrected chi connectivity index (χ2v) is 5.69. The molecule has 0 aliphatic rings. The maximum atomic E-state index is 12.9. The fourth-order valence-electron chi connectivity index (χ4n) is 2.45. The molecule has 1 amide bonds. The van der Waals surface area contributed by atoms with Crippen LogP contribution in [0.5, 0.6) is 0 Å². The largest absolute Gasteiger partial charge is 0.454 e. The number of aryl methyl sites for hydroxylation is 1. The van der Waals surface area contributed by atoms with Gasteiger partial charge in [-0.2, -0.15) is 18.3 Å². The number of nitro groups is 1. The van der Waals surface area contributed by atoms with Crippen molar-refractivity contribution in [2.75, 3.05) is 11.9 Å². The van der Waals surface area contributed by atoms with E-state index in [9.17, 15) is 32.9 Å². The lowest BCUT2D eigenvalue weighted by atomic mass is 10.1. The Morgan fingerprint density at radius 2 is 1.93 bits per heavy atom. The zero-order chi connectivity index (χ0) is 21.1. The minimum absolute atomic E-state index is 0.108. The molecule has 1 heterocycles. The number of ether oxygens (including phenoxy) is 1. The van der Waals surface area contributed by atoms with Gasteiger partial charge < -0.3 is 10.1 Å². The van der Waals surface area contributed by atoms with E-state index in [0.29, 0.717) is 0 Å². The number of esters is 1. The van der Waals surface area contributed by atoms with E-state index in [1.54, 1.807) is 0 Å². The predicted molar refractivity (Wildman–Crippen MR) is 89.4 cm³/mol. The van der Waals surface area contributed by atoms with E-state index in [2.05, 4.69) is 5.10 Å². The third kappa shape index (κ3) is 4.84. The van der Waals surface area contributed by atoms with Crippen molar-refractivity contribution >= 4 is 23.3 Å². The Labute approximate surface area is 156 Å². The minimum Gasteiger partial charge on any atom is -0.454 e. The number of carbonyl (C=O) groups excluding carboxylic acids is 2. The molecule has 0 radical (unpaired) electrons. The molecule has 12 heteroatoms. The van der Waals surface area contributed by atoms with E-state index in [4.69, 9.17) is 4.74 Å². The first-order valence-electron chi connectivity index (χ1n) is 7.80. The highest BCUT2D eigenvalue weighted by atomic mass is 19.4. The Morgan fingerprint density at radius 1 is 1.29 bits per heavy atom. The fourth-order valence-corrected chi connectivity index (χ4v) is 2.45. The van der Waals surface area contributed by atoms with Gasteiger partial charge in [0.15, 0.2) is 6.61 Å². The van der Waals surface area contributed by atoms with Crippen LogP contribution < -0.4 is 5.32 Å². The molecule has 1 aromatic heterocycles. The highest BCUT2D eigenvalue weighted by Crippen LogP contribution is 2.34. The summed E-state index contributed by atoms with van der Waals surface area (Å²) in [6, 6.07) is 4.35. The number of rotatable bonds is 6. The highest BCUT2D eigenvalue weighted by Gasteiger charge is 2.33. The summed E-state index contributed by atoms with van der Waals surface area (Å²) in [4.78, 5) is 33.9. The van der Waals surface area contributed by atoms with Crippen molar-refractivity contribution in [3.63, 3.8) is 0 Å². The maximum Gasteiger partial charge on any atom is 0.418 e. The van der Waals surface area contributed by atoms with E-state index in [1.165, 1.54) is 26.0 Å². The molecule has 0 spiro atoms. The number of hydrogen-bond donors (Lipinski definition) is 1. The molecular formula is C16H15F3N4O5. The topological polar surface area (TPSA) is 116 Å². The number of para-hydroxylation sites is 1. The standard InChI is InChI=1S/C16H15F3N4O5/c1-9-15(23(26)27)10(2)22(21-9)7-14(25)28-8-13(24)20-12-6-4-3-5-11(12)16(17,18)19/h3-6H,7-8H2,1-2H3,(H,20,24). The van der Waals surface area contributed by atoms with Crippen LogP contribution in [0.4, 0.5) is 24.5 Å². The normalized spacial score (nSPS) is 11.2. The number of carbonyl (C=O) groups is 2. The lowest BCUT2D eigenvalue weighted by Crippen LogP contribution is -2.24. The molecule has 150 valence electrons. The Bertz CT molecular complexity index is 923. The molecule has 0 atom stereocenters. The van der Waals surface area contributed by atoms with Crippen molar-refractivity contribution in [3.05, 3.63) is 51.3 Å². The van der Waals surface area contributed by atoms with Crippen molar-refractivity contribution in [2.24, 2.45) is 0 Å². The molecular weight excluding hydrogens is 385 g/mol. The summed E-state index contributed by atoms with van der Waals surface area (Å²) in [5.74, 6) is -1.90. The molecule has 2 aromatic rings. The van der Waals surface area contributed by atoms with Crippen molar-refractivity contribution in [2.45, 2.75) is 26.6 Å². The second-order valence-electron chi connectivity index (χ2n) is 5.69. The monoisotopic (exact) mass is 400 g/mol. The van der Waals surface area contributed by atoms with E-state index < -0.39 is 47.4 Å². The van der Waals surface area contributed by atoms with Crippen LogP contribution in [0.1, 0.15) is 17.0 Å². The van der Waals surface area contributed by atoms with Crippen molar-refractivity contribution in [3.8, 4) is 0 Å². The van der Waals surface area contributed by atoms with Crippen LogP contribution in [0.2, 0.25) is 0 Å². The molecule has 28 heavy (non-hydrogen) atoms. The van der Waals surface area contributed by atoms with Crippen LogP contribution in [-0.4, -0.2) is 33.2 Å². The molecule has 0 fully saturated rings. The molecule has 0 saturated carbocycles. The van der Waals surface area contributed by atoms with Crippen LogP contribution in [-0.2, 0) is 27.0 Å². The summed E-state index contributed by atoms with van der Waals surface area (Å²) in [6.07, 6.45) is -4.66. The van der Waals surface area contributed by atoms with E-state index in [-0.39, 0.29) is 17.1 Å². The number of nitrogens with one attached hydrogen (secondary N) is 1. The van der Waals surface area contributed by atoms with Crippen LogP contribution in [0.3, 0.4) is 0 Å². The van der Waals surface area contributed by atoms with Crippen molar-refractivity contribution < 1.29 is 32.4 Å².